The maximum absolute atomic E-state index is 12.6. The van der Waals surface area contributed by atoms with Crippen LogP contribution in [0.5, 0.6) is 5.75 Å². The third kappa shape index (κ3) is 2.45. The molecular weight excluding hydrogens is 181 g/mol. The molecule has 0 atom stereocenters. The van der Waals surface area contributed by atoms with Gasteiger partial charge in [-0.25, -0.2) is 9.71 Å². The molecule has 1 radical (unpaired) electrons. The van der Waals surface area contributed by atoms with Crippen molar-refractivity contribution >= 4 is 0 Å². The van der Waals surface area contributed by atoms with Crippen LogP contribution in [0.3, 0.4) is 0 Å². The van der Waals surface area contributed by atoms with Crippen molar-refractivity contribution in [1.29, 1.82) is 0 Å². The maximum Gasteiger partial charge on any atom is 0.123 e. The van der Waals surface area contributed by atoms with E-state index in [-0.39, 0.29) is 11.9 Å². The number of ether oxygens (including phenoxy) is 1. The lowest BCUT2D eigenvalue weighted by Crippen LogP contribution is -2.30. The summed E-state index contributed by atoms with van der Waals surface area (Å²) in [6.07, 6.45) is 2.19. The van der Waals surface area contributed by atoms with E-state index in [1.165, 1.54) is 12.1 Å². The lowest BCUT2D eigenvalue weighted by atomic mass is 10.1. The predicted octanol–water partition coefficient (Wildman–Crippen LogP) is 1.97. The molecule has 2 rings (SSSR count). The van der Waals surface area contributed by atoms with Gasteiger partial charge in [0.25, 0.3) is 0 Å². The van der Waals surface area contributed by atoms with Crippen molar-refractivity contribution in [2.45, 2.75) is 18.9 Å². The summed E-state index contributed by atoms with van der Waals surface area (Å²) in [4.78, 5) is 0. The molecule has 1 saturated heterocycles. The standard InChI is InChI=1S/C11H13FNO/c12-9-1-3-10(4-2-9)14-11-5-7-13-8-6-11/h1-4,11H,5-8H2. The first-order valence-electron chi connectivity index (χ1n) is 4.90. The molecule has 2 nitrogen and oxygen atoms in total. The van der Waals surface area contributed by atoms with Crippen molar-refractivity contribution in [2.75, 3.05) is 13.1 Å². The summed E-state index contributed by atoms with van der Waals surface area (Å²) in [6, 6.07) is 6.17. The molecule has 0 aromatic heterocycles. The van der Waals surface area contributed by atoms with E-state index in [0.717, 1.165) is 31.7 Å². The number of hydrogen-bond donors (Lipinski definition) is 0. The van der Waals surface area contributed by atoms with Crippen molar-refractivity contribution in [3.05, 3.63) is 30.1 Å². The lowest BCUT2D eigenvalue weighted by Gasteiger charge is -2.22. The van der Waals surface area contributed by atoms with E-state index in [0.29, 0.717) is 0 Å². The highest BCUT2D eigenvalue weighted by molar-refractivity contribution is 5.22. The number of hydrogen-bond acceptors (Lipinski definition) is 1. The summed E-state index contributed by atoms with van der Waals surface area (Å²) in [5.41, 5.74) is 0. The zero-order valence-electron chi connectivity index (χ0n) is 7.95. The van der Waals surface area contributed by atoms with Gasteiger partial charge in [0.05, 0.1) is 0 Å². The molecule has 0 bridgehead atoms. The molecule has 0 unspecified atom stereocenters. The van der Waals surface area contributed by atoms with Gasteiger partial charge in [-0.05, 0) is 37.1 Å². The molecule has 1 aromatic carbocycles. The third-order valence-electron chi connectivity index (χ3n) is 2.33. The number of nitrogens with zero attached hydrogens (tertiary/aromatic N) is 1. The first kappa shape index (κ1) is 9.46. The number of benzene rings is 1. The van der Waals surface area contributed by atoms with Crippen molar-refractivity contribution in [1.82, 2.24) is 5.32 Å². The molecule has 0 saturated carbocycles. The predicted molar refractivity (Wildman–Crippen MR) is 51.9 cm³/mol. The van der Waals surface area contributed by atoms with E-state index in [2.05, 4.69) is 5.32 Å². The van der Waals surface area contributed by atoms with Gasteiger partial charge >= 0.3 is 0 Å². The largest absolute Gasteiger partial charge is 0.490 e. The fourth-order valence-electron chi connectivity index (χ4n) is 1.55. The topological polar surface area (TPSA) is 23.3 Å². The van der Waals surface area contributed by atoms with E-state index in [9.17, 15) is 4.39 Å². The SMILES string of the molecule is Fc1ccc(OC2CC[N]CC2)cc1. The van der Waals surface area contributed by atoms with Gasteiger partial charge in [0, 0.05) is 13.1 Å². The van der Waals surface area contributed by atoms with Crippen molar-refractivity contribution in [2.24, 2.45) is 0 Å². The van der Waals surface area contributed by atoms with Gasteiger partial charge in [-0.2, -0.15) is 0 Å². The van der Waals surface area contributed by atoms with Crippen LogP contribution in [0.25, 0.3) is 0 Å². The Balaban J connectivity index is 1.92. The normalized spacial score (nSPS) is 18.1. The highest BCUT2D eigenvalue weighted by atomic mass is 19.1. The van der Waals surface area contributed by atoms with Crippen LogP contribution in [0.1, 0.15) is 12.8 Å². The molecule has 1 aliphatic rings. The smallest absolute Gasteiger partial charge is 0.123 e. The van der Waals surface area contributed by atoms with Gasteiger partial charge in [-0.15, -0.1) is 0 Å². The maximum atomic E-state index is 12.6. The first-order chi connectivity index (χ1) is 6.84. The number of rotatable bonds is 2. The summed E-state index contributed by atoms with van der Waals surface area (Å²) < 4.78 is 18.3. The van der Waals surface area contributed by atoms with E-state index in [1.807, 2.05) is 0 Å². The van der Waals surface area contributed by atoms with Gasteiger partial charge in [0.2, 0.25) is 0 Å². The first-order valence-corrected chi connectivity index (χ1v) is 4.90. The van der Waals surface area contributed by atoms with Crippen LogP contribution in [0.4, 0.5) is 4.39 Å². The van der Waals surface area contributed by atoms with E-state index < -0.39 is 0 Å². The van der Waals surface area contributed by atoms with Crippen LogP contribution in [0, 0.1) is 5.82 Å². The minimum absolute atomic E-state index is 0.226. The second kappa shape index (κ2) is 4.42. The molecule has 14 heavy (non-hydrogen) atoms. The Hall–Kier alpha value is -1.09. The Morgan fingerprint density at radius 2 is 1.79 bits per heavy atom. The van der Waals surface area contributed by atoms with Gasteiger partial charge < -0.3 is 4.74 Å². The van der Waals surface area contributed by atoms with Crippen LogP contribution in [0.2, 0.25) is 0 Å². The minimum atomic E-state index is -0.226. The fraction of sp³-hybridized carbons (Fsp3) is 0.455. The van der Waals surface area contributed by atoms with Crippen LogP contribution < -0.4 is 10.1 Å². The summed E-state index contributed by atoms with van der Waals surface area (Å²) in [6.45, 7) is 1.76. The van der Waals surface area contributed by atoms with Crippen LogP contribution in [-0.2, 0) is 0 Å². The van der Waals surface area contributed by atoms with Gasteiger partial charge in [-0.3, -0.25) is 0 Å². The number of piperidine rings is 1. The van der Waals surface area contributed by atoms with Crippen LogP contribution >= 0.6 is 0 Å². The monoisotopic (exact) mass is 194 g/mol. The summed E-state index contributed by atoms with van der Waals surface area (Å²) in [5.74, 6) is 0.522. The summed E-state index contributed by atoms with van der Waals surface area (Å²) >= 11 is 0. The Bertz CT molecular complexity index is 280. The van der Waals surface area contributed by atoms with Crippen molar-refractivity contribution < 1.29 is 9.13 Å². The van der Waals surface area contributed by atoms with Gasteiger partial charge in [-0.1, -0.05) is 0 Å². The molecule has 1 aliphatic heterocycles. The molecule has 0 spiro atoms. The van der Waals surface area contributed by atoms with Crippen molar-refractivity contribution in [3.63, 3.8) is 0 Å². The quantitative estimate of drug-likeness (QED) is 0.706. The van der Waals surface area contributed by atoms with Crippen LogP contribution in [0.15, 0.2) is 24.3 Å². The molecular formula is C11H13FNO. The second-order valence-corrected chi connectivity index (χ2v) is 3.44. The fourth-order valence-corrected chi connectivity index (χ4v) is 1.55. The average molecular weight is 194 g/mol. The second-order valence-electron chi connectivity index (χ2n) is 3.44. The molecule has 0 N–H and O–H groups in total. The Morgan fingerprint density at radius 1 is 1.14 bits per heavy atom. The van der Waals surface area contributed by atoms with Crippen LogP contribution in [-0.4, -0.2) is 19.2 Å². The molecule has 75 valence electrons. The molecule has 1 fully saturated rings. The average Bonchev–Trinajstić information content (AvgIpc) is 2.23. The molecule has 1 heterocycles. The third-order valence-corrected chi connectivity index (χ3v) is 2.33. The highest BCUT2D eigenvalue weighted by Crippen LogP contribution is 2.16. The van der Waals surface area contributed by atoms with Crippen molar-refractivity contribution in [3.8, 4) is 5.75 Å². The van der Waals surface area contributed by atoms with Gasteiger partial charge in [0.1, 0.15) is 17.7 Å². The zero-order valence-corrected chi connectivity index (χ0v) is 7.95. The number of halogens is 1. The Morgan fingerprint density at radius 3 is 2.43 bits per heavy atom. The molecule has 3 heteroatoms. The van der Waals surface area contributed by atoms with E-state index in [1.54, 1.807) is 12.1 Å². The minimum Gasteiger partial charge on any atom is -0.490 e. The molecule has 1 aromatic rings. The zero-order chi connectivity index (χ0) is 9.80. The lowest BCUT2D eigenvalue weighted by molar-refractivity contribution is 0.161. The molecule has 0 aliphatic carbocycles. The molecule has 0 amide bonds. The Kier molecular flexibility index (Phi) is 2.99. The summed E-state index contributed by atoms with van der Waals surface area (Å²) in [7, 11) is 0. The summed E-state index contributed by atoms with van der Waals surface area (Å²) in [5, 5.41) is 4.24. The Labute approximate surface area is 83.1 Å². The highest BCUT2D eigenvalue weighted by Gasteiger charge is 2.14. The van der Waals surface area contributed by atoms with Gasteiger partial charge in [0.15, 0.2) is 0 Å². The van der Waals surface area contributed by atoms with E-state index in [4.69, 9.17) is 4.74 Å². The van der Waals surface area contributed by atoms with E-state index >= 15 is 0 Å².